The molecule has 31 heavy (non-hydrogen) atoms. The number of likely N-dealkylation sites (tertiary alicyclic amines) is 1. The van der Waals surface area contributed by atoms with Crippen LogP contribution in [-0.2, 0) is 9.59 Å². The van der Waals surface area contributed by atoms with Crippen LogP contribution in [0.25, 0.3) is 0 Å². The number of carbonyl (C=O) groups excluding carboxylic acids is 2. The summed E-state index contributed by atoms with van der Waals surface area (Å²) in [5.74, 6) is 1.22. The summed E-state index contributed by atoms with van der Waals surface area (Å²) in [5, 5.41) is 7.00. The van der Waals surface area contributed by atoms with Gasteiger partial charge in [0, 0.05) is 40.5 Å². The zero-order valence-corrected chi connectivity index (χ0v) is 21.5. The van der Waals surface area contributed by atoms with Crippen molar-refractivity contribution in [3.8, 4) is 0 Å². The Hall–Kier alpha value is -0.940. The summed E-state index contributed by atoms with van der Waals surface area (Å²) in [6, 6.07) is 0.257. The van der Waals surface area contributed by atoms with Crippen molar-refractivity contribution in [3.05, 3.63) is 0 Å². The topological polar surface area (TPSA) is 61.4 Å². The van der Waals surface area contributed by atoms with Gasteiger partial charge >= 0.3 is 0 Å². The van der Waals surface area contributed by atoms with Gasteiger partial charge in [-0.1, -0.05) is 0 Å². The summed E-state index contributed by atoms with van der Waals surface area (Å²) in [7, 11) is 2.14. The molecule has 178 valence electrons. The summed E-state index contributed by atoms with van der Waals surface area (Å²) in [5.41, 5.74) is -0.183. The van der Waals surface area contributed by atoms with E-state index in [1.165, 1.54) is 0 Å². The Balaban J connectivity index is 1.49. The molecule has 2 heterocycles. The standard InChI is InChI=1S/C26H47N3O2/c1-23(2)15-19(25(5,6)28-23)21(30)14-17-10-12-18(13-11-17)27-22(31)20-16-24(3,4)29(9)26(20,7)8/h17-20,28H,10-16H2,1-9H3,(H,27,31). The van der Waals surface area contributed by atoms with Crippen LogP contribution in [0.4, 0.5) is 0 Å². The van der Waals surface area contributed by atoms with Crippen molar-refractivity contribution in [2.75, 3.05) is 7.05 Å². The number of Topliss-reactive ketones (excluding diaryl/α,β-unsaturated/α-hetero) is 1. The van der Waals surface area contributed by atoms with Gasteiger partial charge in [-0.15, -0.1) is 0 Å². The van der Waals surface area contributed by atoms with Gasteiger partial charge in [-0.2, -0.15) is 0 Å². The summed E-state index contributed by atoms with van der Waals surface area (Å²) in [4.78, 5) is 28.6. The zero-order valence-electron chi connectivity index (χ0n) is 21.5. The fourth-order valence-electron chi connectivity index (χ4n) is 6.85. The SMILES string of the molecule is CN1C(C)(C)CC(C(=O)NC2CCC(CC(=O)C3CC(C)(C)NC3(C)C)CC2)C1(C)C. The fraction of sp³-hybridized carbons (Fsp3) is 0.923. The molecule has 3 aliphatic rings. The lowest BCUT2D eigenvalue weighted by molar-refractivity contribution is -0.129. The van der Waals surface area contributed by atoms with E-state index >= 15 is 0 Å². The molecule has 0 spiro atoms. The van der Waals surface area contributed by atoms with Crippen molar-refractivity contribution >= 4 is 11.7 Å². The Morgan fingerprint density at radius 3 is 1.94 bits per heavy atom. The zero-order chi connectivity index (χ0) is 23.4. The lowest BCUT2D eigenvalue weighted by Gasteiger charge is -2.38. The maximum atomic E-state index is 13.1. The van der Waals surface area contributed by atoms with E-state index in [1.54, 1.807) is 0 Å². The van der Waals surface area contributed by atoms with Gasteiger partial charge < -0.3 is 10.6 Å². The van der Waals surface area contributed by atoms with E-state index in [4.69, 9.17) is 0 Å². The number of amides is 1. The number of nitrogens with one attached hydrogen (secondary N) is 2. The summed E-state index contributed by atoms with van der Waals surface area (Å²) in [6.07, 6.45) is 6.59. The fourth-order valence-corrected chi connectivity index (χ4v) is 6.85. The molecular weight excluding hydrogens is 386 g/mol. The molecule has 2 unspecified atom stereocenters. The first kappa shape index (κ1) is 24.7. The normalized spacial score (nSPS) is 36.3. The first-order valence-corrected chi connectivity index (χ1v) is 12.4. The quantitative estimate of drug-likeness (QED) is 0.679. The van der Waals surface area contributed by atoms with Crippen LogP contribution in [0, 0.1) is 17.8 Å². The second kappa shape index (κ2) is 8.13. The van der Waals surface area contributed by atoms with Gasteiger partial charge in [0.1, 0.15) is 5.78 Å². The minimum atomic E-state index is -0.132. The lowest BCUT2D eigenvalue weighted by Crippen LogP contribution is -2.51. The Morgan fingerprint density at radius 1 is 0.903 bits per heavy atom. The smallest absolute Gasteiger partial charge is 0.225 e. The van der Waals surface area contributed by atoms with Crippen LogP contribution >= 0.6 is 0 Å². The molecule has 1 amide bonds. The Kier molecular flexibility index (Phi) is 6.47. The lowest BCUT2D eigenvalue weighted by atomic mass is 9.77. The summed E-state index contributed by atoms with van der Waals surface area (Å²) >= 11 is 0. The minimum Gasteiger partial charge on any atom is -0.353 e. The number of nitrogens with zero attached hydrogens (tertiary/aromatic N) is 1. The molecule has 0 aromatic rings. The van der Waals surface area contributed by atoms with E-state index in [-0.39, 0.29) is 45.9 Å². The Bertz CT molecular complexity index is 701. The maximum Gasteiger partial charge on any atom is 0.225 e. The van der Waals surface area contributed by atoms with Crippen molar-refractivity contribution in [1.82, 2.24) is 15.5 Å². The van der Waals surface area contributed by atoms with Gasteiger partial charge in [-0.25, -0.2) is 0 Å². The van der Waals surface area contributed by atoms with Crippen molar-refractivity contribution in [3.63, 3.8) is 0 Å². The van der Waals surface area contributed by atoms with Gasteiger partial charge in [-0.3, -0.25) is 14.5 Å². The van der Waals surface area contributed by atoms with Crippen LogP contribution in [0.1, 0.15) is 100 Å². The third kappa shape index (κ3) is 5.03. The highest BCUT2D eigenvalue weighted by molar-refractivity contribution is 5.83. The van der Waals surface area contributed by atoms with E-state index in [1.807, 2.05) is 0 Å². The van der Waals surface area contributed by atoms with Gasteiger partial charge in [0.25, 0.3) is 0 Å². The summed E-state index contributed by atoms with van der Waals surface area (Å²) < 4.78 is 0. The third-order valence-corrected chi connectivity index (χ3v) is 8.96. The van der Waals surface area contributed by atoms with E-state index in [2.05, 4.69) is 78.0 Å². The van der Waals surface area contributed by atoms with E-state index < -0.39 is 0 Å². The first-order chi connectivity index (χ1) is 14.1. The highest BCUT2D eigenvalue weighted by atomic mass is 16.2. The molecule has 0 radical (unpaired) electrons. The molecular formula is C26H47N3O2. The van der Waals surface area contributed by atoms with Crippen LogP contribution in [0.5, 0.6) is 0 Å². The highest BCUT2D eigenvalue weighted by Gasteiger charge is 2.52. The van der Waals surface area contributed by atoms with Crippen molar-refractivity contribution in [2.45, 2.75) is 129 Å². The molecule has 2 atom stereocenters. The molecule has 2 N–H and O–H groups in total. The molecule has 3 rings (SSSR count). The monoisotopic (exact) mass is 433 g/mol. The molecule has 3 fully saturated rings. The second-order valence-electron chi connectivity index (χ2n) is 13.2. The molecule has 2 saturated heterocycles. The minimum absolute atomic E-state index is 0.0206. The Morgan fingerprint density at radius 2 is 1.48 bits per heavy atom. The average molecular weight is 434 g/mol. The predicted molar refractivity (Wildman–Crippen MR) is 127 cm³/mol. The molecule has 2 aliphatic heterocycles. The number of hydrogen-bond acceptors (Lipinski definition) is 4. The van der Waals surface area contributed by atoms with Crippen LogP contribution in [0.2, 0.25) is 0 Å². The molecule has 5 nitrogen and oxygen atoms in total. The number of carbonyl (C=O) groups is 2. The number of hydrogen-bond donors (Lipinski definition) is 2. The van der Waals surface area contributed by atoms with Crippen LogP contribution in [0.15, 0.2) is 0 Å². The van der Waals surface area contributed by atoms with Crippen LogP contribution < -0.4 is 10.6 Å². The molecule has 0 aromatic carbocycles. The average Bonchev–Trinajstić information content (AvgIpc) is 2.96. The predicted octanol–water partition coefficient (Wildman–Crippen LogP) is 4.30. The molecule has 0 bridgehead atoms. The maximum absolute atomic E-state index is 13.1. The first-order valence-electron chi connectivity index (χ1n) is 12.4. The van der Waals surface area contributed by atoms with Crippen LogP contribution in [-0.4, -0.2) is 51.8 Å². The Labute approximate surface area is 190 Å². The van der Waals surface area contributed by atoms with Gasteiger partial charge in [-0.05, 0) is 107 Å². The van der Waals surface area contributed by atoms with Gasteiger partial charge in [0.05, 0.1) is 5.92 Å². The third-order valence-electron chi connectivity index (χ3n) is 8.96. The van der Waals surface area contributed by atoms with Crippen molar-refractivity contribution in [2.24, 2.45) is 17.8 Å². The highest BCUT2D eigenvalue weighted by Crippen LogP contribution is 2.44. The molecule has 0 aromatic heterocycles. The summed E-state index contributed by atoms with van der Waals surface area (Å²) in [6.45, 7) is 17.6. The largest absolute Gasteiger partial charge is 0.353 e. The van der Waals surface area contributed by atoms with Crippen molar-refractivity contribution < 1.29 is 9.59 Å². The van der Waals surface area contributed by atoms with Crippen LogP contribution in [0.3, 0.4) is 0 Å². The molecule has 1 aliphatic carbocycles. The van der Waals surface area contributed by atoms with E-state index in [0.717, 1.165) is 38.5 Å². The van der Waals surface area contributed by atoms with Gasteiger partial charge in [0.15, 0.2) is 0 Å². The number of rotatable bonds is 5. The van der Waals surface area contributed by atoms with Gasteiger partial charge in [0.2, 0.25) is 5.91 Å². The molecule has 5 heteroatoms. The number of ketones is 1. The van der Waals surface area contributed by atoms with E-state index in [9.17, 15) is 9.59 Å². The second-order valence-corrected chi connectivity index (χ2v) is 13.2. The molecule has 1 saturated carbocycles. The van der Waals surface area contributed by atoms with Crippen molar-refractivity contribution in [1.29, 1.82) is 0 Å². The van der Waals surface area contributed by atoms with E-state index in [0.29, 0.717) is 18.1 Å².